The van der Waals surface area contributed by atoms with Crippen LogP contribution in [-0.4, -0.2) is 22.8 Å². The molecule has 0 aliphatic rings. The van der Waals surface area contributed by atoms with E-state index in [1.165, 1.54) is 0 Å². The highest BCUT2D eigenvalue weighted by atomic mass is 35.5. The van der Waals surface area contributed by atoms with Crippen molar-refractivity contribution in [2.75, 3.05) is 6.61 Å². The number of carbonyl (C=O) groups excluding carboxylic acids is 1. The Morgan fingerprint density at radius 2 is 1.50 bits per heavy atom. The lowest BCUT2D eigenvalue weighted by Crippen LogP contribution is -2.10. The normalized spacial score (nSPS) is 12.2. The zero-order chi connectivity index (χ0) is 23.7. The number of benzene rings is 4. The standard InChI is InChI=1S/C28H22ClNO4/c1-2-33-28(32)25-23(16-22(31)17-10-4-3-5-11-17)34-30-27(25)24-18-12-6-8-14-20(18)26(29)21-15-9-7-13-19(21)24/h3-15,22,31H,2,16H2,1H3. The lowest BCUT2D eigenvalue weighted by molar-refractivity contribution is 0.0523. The number of hydrogen-bond acceptors (Lipinski definition) is 5. The van der Waals surface area contributed by atoms with Gasteiger partial charge in [0, 0.05) is 22.8 Å². The van der Waals surface area contributed by atoms with Crippen LogP contribution in [0.4, 0.5) is 0 Å². The van der Waals surface area contributed by atoms with E-state index in [0.717, 1.165) is 32.7 Å². The topological polar surface area (TPSA) is 72.6 Å². The molecule has 0 saturated heterocycles. The maximum absolute atomic E-state index is 13.1. The molecule has 1 atom stereocenters. The third-order valence-electron chi connectivity index (χ3n) is 5.91. The molecule has 0 amide bonds. The summed E-state index contributed by atoms with van der Waals surface area (Å²) < 4.78 is 11.1. The number of halogens is 1. The van der Waals surface area contributed by atoms with Gasteiger partial charge >= 0.3 is 5.97 Å². The summed E-state index contributed by atoms with van der Waals surface area (Å²) >= 11 is 6.76. The van der Waals surface area contributed by atoms with Gasteiger partial charge in [-0.05, 0) is 23.3 Å². The molecule has 170 valence electrons. The number of ether oxygens (including phenoxy) is 1. The van der Waals surface area contributed by atoms with E-state index in [1.807, 2.05) is 78.9 Å². The highest BCUT2D eigenvalue weighted by Crippen LogP contribution is 2.43. The molecular weight excluding hydrogens is 450 g/mol. The summed E-state index contributed by atoms with van der Waals surface area (Å²) in [7, 11) is 0. The Labute approximate surface area is 201 Å². The maximum atomic E-state index is 13.1. The van der Waals surface area contributed by atoms with Crippen LogP contribution in [0.3, 0.4) is 0 Å². The Balaban J connectivity index is 1.75. The van der Waals surface area contributed by atoms with E-state index in [1.54, 1.807) is 6.92 Å². The van der Waals surface area contributed by atoms with Crippen LogP contribution in [0, 0.1) is 0 Å². The Morgan fingerprint density at radius 1 is 0.941 bits per heavy atom. The number of hydrogen-bond donors (Lipinski definition) is 1. The molecule has 0 saturated carbocycles. The lowest BCUT2D eigenvalue weighted by atomic mass is 9.92. The van der Waals surface area contributed by atoms with Crippen LogP contribution in [0.25, 0.3) is 32.8 Å². The highest BCUT2D eigenvalue weighted by Gasteiger charge is 2.29. The Hall–Kier alpha value is -3.67. The van der Waals surface area contributed by atoms with E-state index in [0.29, 0.717) is 10.7 Å². The number of carbonyl (C=O) groups is 1. The average Bonchev–Trinajstić information content (AvgIpc) is 3.28. The summed E-state index contributed by atoms with van der Waals surface area (Å²) in [5.74, 6) is -0.273. The molecule has 0 bridgehead atoms. The second kappa shape index (κ2) is 9.29. The molecule has 5 aromatic rings. The zero-order valence-electron chi connectivity index (χ0n) is 18.5. The molecule has 5 nitrogen and oxygen atoms in total. The SMILES string of the molecule is CCOC(=O)c1c(-c2c3ccccc3c(Cl)c3ccccc23)noc1CC(O)c1ccccc1. The van der Waals surface area contributed by atoms with Gasteiger partial charge in [0.05, 0.1) is 17.7 Å². The molecule has 0 radical (unpaired) electrons. The second-order valence-electron chi connectivity index (χ2n) is 7.96. The van der Waals surface area contributed by atoms with Crippen LogP contribution in [0.2, 0.25) is 5.02 Å². The first kappa shape index (κ1) is 22.1. The molecule has 1 N–H and O–H groups in total. The van der Waals surface area contributed by atoms with E-state index in [-0.39, 0.29) is 24.4 Å². The van der Waals surface area contributed by atoms with Crippen molar-refractivity contribution in [3.8, 4) is 11.3 Å². The number of esters is 1. The summed E-state index contributed by atoms with van der Waals surface area (Å²) in [6.45, 7) is 1.95. The van der Waals surface area contributed by atoms with Crippen LogP contribution in [0.1, 0.15) is 34.7 Å². The monoisotopic (exact) mass is 471 g/mol. The van der Waals surface area contributed by atoms with Gasteiger partial charge in [-0.1, -0.05) is 95.6 Å². The summed E-state index contributed by atoms with van der Waals surface area (Å²) in [5, 5.41) is 19.2. The summed E-state index contributed by atoms with van der Waals surface area (Å²) in [6.07, 6.45) is -0.789. The minimum atomic E-state index is -0.867. The van der Waals surface area contributed by atoms with E-state index in [9.17, 15) is 9.90 Å². The fourth-order valence-electron chi connectivity index (χ4n) is 4.35. The smallest absolute Gasteiger partial charge is 0.344 e. The van der Waals surface area contributed by atoms with Crippen molar-refractivity contribution in [2.24, 2.45) is 0 Å². The van der Waals surface area contributed by atoms with Gasteiger partial charge in [-0.25, -0.2) is 4.79 Å². The van der Waals surface area contributed by atoms with Gasteiger partial charge in [-0.15, -0.1) is 0 Å². The molecule has 0 spiro atoms. The fourth-order valence-corrected chi connectivity index (χ4v) is 4.68. The van der Waals surface area contributed by atoms with E-state index >= 15 is 0 Å². The molecule has 0 aliphatic carbocycles. The zero-order valence-corrected chi connectivity index (χ0v) is 19.3. The van der Waals surface area contributed by atoms with Crippen molar-refractivity contribution < 1.29 is 19.2 Å². The Bertz CT molecular complexity index is 1440. The third-order valence-corrected chi connectivity index (χ3v) is 6.32. The van der Waals surface area contributed by atoms with Crippen molar-refractivity contribution in [1.29, 1.82) is 0 Å². The van der Waals surface area contributed by atoms with Crippen molar-refractivity contribution >= 4 is 39.1 Å². The number of rotatable bonds is 6. The summed E-state index contributed by atoms with van der Waals surface area (Å²) in [4.78, 5) is 13.1. The molecule has 1 aromatic heterocycles. The molecule has 1 heterocycles. The van der Waals surface area contributed by atoms with Gasteiger partial charge in [-0.3, -0.25) is 0 Å². The van der Waals surface area contributed by atoms with Gasteiger partial charge in [0.2, 0.25) is 0 Å². The van der Waals surface area contributed by atoms with E-state index in [2.05, 4.69) is 5.16 Å². The predicted octanol–water partition coefficient (Wildman–Crippen LogP) is 6.75. The molecule has 0 fully saturated rings. The quantitative estimate of drug-likeness (QED) is 0.219. The molecule has 34 heavy (non-hydrogen) atoms. The minimum Gasteiger partial charge on any atom is -0.462 e. The third kappa shape index (κ3) is 3.83. The molecule has 0 aliphatic heterocycles. The van der Waals surface area contributed by atoms with Crippen molar-refractivity contribution in [1.82, 2.24) is 5.16 Å². The number of aromatic nitrogens is 1. The first-order valence-corrected chi connectivity index (χ1v) is 11.5. The van der Waals surface area contributed by atoms with E-state index < -0.39 is 12.1 Å². The van der Waals surface area contributed by atoms with Crippen molar-refractivity contribution in [2.45, 2.75) is 19.4 Å². The van der Waals surface area contributed by atoms with Gasteiger partial charge < -0.3 is 14.4 Å². The molecule has 6 heteroatoms. The van der Waals surface area contributed by atoms with Gasteiger partial charge in [0.25, 0.3) is 0 Å². The predicted molar refractivity (Wildman–Crippen MR) is 133 cm³/mol. The first-order chi connectivity index (χ1) is 16.6. The van der Waals surface area contributed by atoms with Crippen LogP contribution in [0.5, 0.6) is 0 Å². The van der Waals surface area contributed by atoms with Crippen LogP contribution in [-0.2, 0) is 11.2 Å². The highest BCUT2D eigenvalue weighted by molar-refractivity contribution is 6.42. The Kier molecular flexibility index (Phi) is 6.05. The fraction of sp³-hybridized carbons (Fsp3) is 0.143. The number of fused-ring (bicyclic) bond motifs is 2. The van der Waals surface area contributed by atoms with Crippen LogP contribution >= 0.6 is 11.6 Å². The van der Waals surface area contributed by atoms with E-state index in [4.69, 9.17) is 20.9 Å². The minimum absolute atomic E-state index is 0.0780. The summed E-state index contributed by atoms with van der Waals surface area (Å²) in [6, 6.07) is 24.7. The lowest BCUT2D eigenvalue weighted by Gasteiger charge is -2.13. The van der Waals surface area contributed by atoms with Crippen molar-refractivity contribution in [3.63, 3.8) is 0 Å². The Morgan fingerprint density at radius 3 is 2.09 bits per heavy atom. The average molecular weight is 472 g/mol. The molecular formula is C28H22ClNO4. The largest absolute Gasteiger partial charge is 0.462 e. The number of aliphatic hydroxyl groups is 1. The van der Waals surface area contributed by atoms with Crippen LogP contribution < -0.4 is 0 Å². The second-order valence-corrected chi connectivity index (χ2v) is 8.34. The molecule has 4 aromatic carbocycles. The molecule has 1 unspecified atom stereocenters. The molecule has 5 rings (SSSR count). The first-order valence-electron chi connectivity index (χ1n) is 11.1. The van der Waals surface area contributed by atoms with Gasteiger partial charge in [0.15, 0.2) is 5.76 Å². The van der Waals surface area contributed by atoms with Crippen LogP contribution in [0.15, 0.2) is 83.4 Å². The van der Waals surface area contributed by atoms with Crippen molar-refractivity contribution in [3.05, 3.63) is 101 Å². The maximum Gasteiger partial charge on any atom is 0.344 e. The van der Waals surface area contributed by atoms with Gasteiger partial charge in [-0.2, -0.15) is 0 Å². The summed E-state index contributed by atoms with van der Waals surface area (Å²) in [5.41, 5.74) is 2.05. The van der Waals surface area contributed by atoms with Gasteiger partial charge in [0.1, 0.15) is 11.3 Å². The number of aliphatic hydroxyl groups excluding tert-OH is 1. The number of nitrogens with zero attached hydrogens (tertiary/aromatic N) is 1.